The summed E-state index contributed by atoms with van der Waals surface area (Å²) >= 11 is 0. The summed E-state index contributed by atoms with van der Waals surface area (Å²) in [4.78, 5) is 2.36. The zero-order valence-electron chi connectivity index (χ0n) is 10.1. The van der Waals surface area contributed by atoms with Gasteiger partial charge in [-0.25, -0.2) is 0 Å². The maximum absolute atomic E-state index is 9.76. The molecule has 0 aromatic rings. The van der Waals surface area contributed by atoms with Crippen LogP contribution in [0.2, 0.25) is 0 Å². The van der Waals surface area contributed by atoms with Gasteiger partial charge in [-0.15, -0.1) is 0 Å². The molecule has 0 spiro atoms. The minimum Gasteiger partial charge on any atom is -0.389 e. The fourth-order valence-corrected chi connectivity index (χ4v) is 2.05. The molecule has 1 heterocycles. The van der Waals surface area contributed by atoms with E-state index in [1.54, 1.807) is 0 Å². The molecule has 1 aliphatic heterocycles. The molecule has 3 nitrogen and oxygen atoms in total. The summed E-state index contributed by atoms with van der Waals surface area (Å²) in [5.74, 6) is 0. The Morgan fingerprint density at radius 1 is 1.53 bits per heavy atom. The van der Waals surface area contributed by atoms with Crippen molar-refractivity contribution < 1.29 is 9.84 Å². The topological polar surface area (TPSA) is 32.7 Å². The normalized spacial score (nSPS) is 24.6. The van der Waals surface area contributed by atoms with E-state index in [-0.39, 0.29) is 6.10 Å². The lowest BCUT2D eigenvalue weighted by Crippen LogP contribution is -2.36. The zero-order valence-corrected chi connectivity index (χ0v) is 10.1. The van der Waals surface area contributed by atoms with E-state index in [1.807, 2.05) is 0 Å². The summed E-state index contributed by atoms with van der Waals surface area (Å²) in [6.45, 7) is 7.55. The SMILES string of the molecule is CCCCOCC(O)CN1CCC[C@H]1C. The Bertz CT molecular complexity index is 164. The van der Waals surface area contributed by atoms with E-state index >= 15 is 0 Å². The van der Waals surface area contributed by atoms with Crippen LogP contribution in [-0.4, -0.2) is 48.5 Å². The second-order valence-electron chi connectivity index (χ2n) is 4.57. The first-order chi connectivity index (χ1) is 7.24. The Balaban J connectivity index is 2.04. The maximum atomic E-state index is 9.76. The van der Waals surface area contributed by atoms with Crippen LogP contribution in [0.1, 0.15) is 39.5 Å². The summed E-state index contributed by atoms with van der Waals surface area (Å²) in [6, 6.07) is 0.635. The highest BCUT2D eigenvalue weighted by molar-refractivity contribution is 4.77. The van der Waals surface area contributed by atoms with Crippen LogP contribution in [0.4, 0.5) is 0 Å². The maximum Gasteiger partial charge on any atom is 0.0900 e. The van der Waals surface area contributed by atoms with Crippen LogP contribution in [0.3, 0.4) is 0 Å². The average Bonchev–Trinajstić information content (AvgIpc) is 2.59. The smallest absolute Gasteiger partial charge is 0.0900 e. The van der Waals surface area contributed by atoms with Crippen molar-refractivity contribution in [3.8, 4) is 0 Å². The van der Waals surface area contributed by atoms with Crippen LogP contribution in [0.15, 0.2) is 0 Å². The van der Waals surface area contributed by atoms with E-state index in [1.165, 1.54) is 12.8 Å². The molecule has 1 fully saturated rings. The zero-order chi connectivity index (χ0) is 11.1. The first-order valence-corrected chi connectivity index (χ1v) is 6.24. The van der Waals surface area contributed by atoms with E-state index in [0.717, 1.165) is 32.5 Å². The molecule has 0 amide bonds. The molecule has 1 unspecified atom stereocenters. The first-order valence-electron chi connectivity index (χ1n) is 6.24. The Morgan fingerprint density at radius 2 is 2.33 bits per heavy atom. The third-order valence-corrected chi connectivity index (χ3v) is 3.09. The largest absolute Gasteiger partial charge is 0.389 e. The van der Waals surface area contributed by atoms with Crippen molar-refractivity contribution in [2.24, 2.45) is 0 Å². The Hall–Kier alpha value is -0.120. The number of likely N-dealkylation sites (tertiary alicyclic amines) is 1. The molecule has 3 heteroatoms. The number of ether oxygens (including phenoxy) is 1. The highest BCUT2D eigenvalue weighted by Gasteiger charge is 2.22. The van der Waals surface area contributed by atoms with Crippen molar-refractivity contribution in [1.29, 1.82) is 0 Å². The van der Waals surface area contributed by atoms with Gasteiger partial charge in [0.15, 0.2) is 0 Å². The predicted molar refractivity (Wildman–Crippen MR) is 62.0 cm³/mol. The number of aliphatic hydroxyl groups excluding tert-OH is 1. The van der Waals surface area contributed by atoms with Crippen molar-refractivity contribution in [1.82, 2.24) is 4.90 Å². The quantitative estimate of drug-likeness (QED) is 0.655. The molecule has 0 aromatic heterocycles. The first kappa shape index (κ1) is 12.9. The van der Waals surface area contributed by atoms with Gasteiger partial charge >= 0.3 is 0 Å². The van der Waals surface area contributed by atoms with Crippen molar-refractivity contribution in [2.75, 3.05) is 26.3 Å². The van der Waals surface area contributed by atoms with Crippen molar-refractivity contribution in [3.05, 3.63) is 0 Å². The minimum atomic E-state index is -0.317. The standard InChI is InChI=1S/C12H25NO2/c1-3-4-8-15-10-12(14)9-13-7-5-6-11(13)2/h11-12,14H,3-10H2,1-2H3/t11-,12?/m1/s1. The van der Waals surface area contributed by atoms with Gasteiger partial charge in [0.05, 0.1) is 12.7 Å². The third-order valence-electron chi connectivity index (χ3n) is 3.09. The van der Waals surface area contributed by atoms with E-state index in [4.69, 9.17) is 4.74 Å². The van der Waals surface area contributed by atoms with Gasteiger partial charge in [-0.2, -0.15) is 0 Å². The van der Waals surface area contributed by atoms with E-state index in [2.05, 4.69) is 18.7 Å². The van der Waals surface area contributed by atoms with Gasteiger partial charge in [-0.3, -0.25) is 4.90 Å². The molecule has 15 heavy (non-hydrogen) atoms. The highest BCUT2D eigenvalue weighted by atomic mass is 16.5. The summed E-state index contributed by atoms with van der Waals surface area (Å²) in [6.07, 6.45) is 4.46. The van der Waals surface area contributed by atoms with Gasteiger partial charge in [0, 0.05) is 19.2 Å². The number of unbranched alkanes of at least 4 members (excludes halogenated alkanes) is 1. The minimum absolute atomic E-state index is 0.317. The molecular formula is C12H25NO2. The number of β-amino-alcohol motifs (C(OH)–C–C–N with tert-alkyl or cyclic N) is 1. The van der Waals surface area contributed by atoms with Crippen LogP contribution in [0, 0.1) is 0 Å². The fourth-order valence-electron chi connectivity index (χ4n) is 2.05. The third kappa shape index (κ3) is 4.96. The van der Waals surface area contributed by atoms with Gasteiger partial charge in [0.25, 0.3) is 0 Å². The van der Waals surface area contributed by atoms with E-state index in [9.17, 15) is 5.11 Å². The van der Waals surface area contributed by atoms with Crippen LogP contribution in [0.5, 0.6) is 0 Å². The highest BCUT2D eigenvalue weighted by Crippen LogP contribution is 2.16. The average molecular weight is 215 g/mol. The number of nitrogens with zero attached hydrogens (tertiary/aromatic N) is 1. The van der Waals surface area contributed by atoms with Crippen molar-refractivity contribution in [2.45, 2.75) is 51.7 Å². The van der Waals surface area contributed by atoms with Crippen molar-refractivity contribution >= 4 is 0 Å². The summed E-state index contributed by atoms with van der Waals surface area (Å²) in [5.41, 5.74) is 0. The van der Waals surface area contributed by atoms with Gasteiger partial charge in [-0.05, 0) is 32.7 Å². The molecule has 1 rings (SSSR count). The van der Waals surface area contributed by atoms with E-state index < -0.39 is 0 Å². The number of hydrogen-bond acceptors (Lipinski definition) is 3. The van der Waals surface area contributed by atoms with Crippen molar-refractivity contribution in [3.63, 3.8) is 0 Å². The monoisotopic (exact) mass is 215 g/mol. The lowest BCUT2D eigenvalue weighted by atomic mass is 10.2. The van der Waals surface area contributed by atoms with Gasteiger partial charge in [0.2, 0.25) is 0 Å². The molecule has 0 saturated carbocycles. The molecule has 90 valence electrons. The molecule has 0 radical (unpaired) electrons. The molecule has 1 saturated heterocycles. The molecule has 0 bridgehead atoms. The van der Waals surface area contributed by atoms with E-state index in [0.29, 0.717) is 12.6 Å². The Morgan fingerprint density at radius 3 is 2.93 bits per heavy atom. The number of rotatable bonds is 7. The second kappa shape index (κ2) is 7.20. The van der Waals surface area contributed by atoms with Gasteiger partial charge in [0.1, 0.15) is 0 Å². The predicted octanol–water partition coefficient (Wildman–Crippen LogP) is 1.65. The summed E-state index contributed by atoms with van der Waals surface area (Å²) in [5, 5.41) is 9.76. The summed E-state index contributed by atoms with van der Waals surface area (Å²) in [7, 11) is 0. The second-order valence-corrected chi connectivity index (χ2v) is 4.57. The number of aliphatic hydroxyl groups is 1. The molecule has 0 aromatic carbocycles. The van der Waals surface area contributed by atoms with Gasteiger partial charge < -0.3 is 9.84 Å². The Kier molecular flexibility index (Phi) is 6.22. The lowest BCUT2D eigenvalue weighted by Gasteiger charge is -2.23. The number of hydrogen-bond donors (Lipinski definition) is 1. The molecule has 2 atom stereocenters. The van der Waals surface area contributed by atoms with Crippen LogP contribution in [-0.2, 0) is 4.74 Å². The van der Waals surface area contributed by atoms with Crippen LogP contribution >= 0.6 is 0 Å². The summed E-state index contributed by atoms with van der Waals surface area (Å²) < 4.78 is 5.40. The van der Waals surface area contributed by atoms with Crippen LogP contribution in [0.25, 0.3) is 0 Å². The molecule has 1 N–H and O–H groups in total. The van der Waals surface area contributed by atoms with Crippen LogP contribution < -0.4 is 0 Å². The molecular weight excluding hydrogens is 190 g/mol. The molecule has 1 aliphatic rings. The Labute approximate surface area is 93.4 Å². The fraction of sp³-hybridized carbons (Fsp3) is 1.00. The lowest BCUT2D eigenvalue weighted by molar-refractivity contribution is 0.0147. The van der Waals surface area contributed by atoms with Gasteiger partial charge in [-0.1, -0.05) is 13.3 Å². The molecule has 0 aliphatic carbocycles.